The summed E-state index contributed by atoms with van der Waals surface area (Å²) >= 11 is 0. The van der Waals surface area contributed by atoms with E-state index in [1.54, 1.807) is 20.4 Å². The molecule has 0 aliphatic rings. The predicted molar refractivity (Wildman–Crippen MR) is 83.6 cm³/mol. The third kappa shape index (κ3) is 2.38. The molecule has 106 valence electrons. The monoisotopic (exact) mass is 280 g/mol. The molecule has 0 amide bonds. The Hall–Kier alpha value is -2.69. The molecule has 0 radical (unpaired) electrons. The summed E-state index contributed by atoms with van der Waals surface area (Å²) in [5.74, 6) is 1.11. The number of nitrogens with one attached hydrogen (secondary N) is 1. The number of benzene rings is 1. The van der Waals surface area contributed by atoms with Gasteiger partial charge in [0.2, 0.25) is 11.8 Å². The van der Waals surface area contributed by atoms with Crippen molar-refractivity contribution in [2.75, 3.05) is 19.5 Å². The van der Waals surface area contributed by atoms with Crippen LogP contribution in [0.3, 0.4) is 0 Å². The zero-order valence-electron chi connectivity index (χ0n) is 12.2. The molecular formula is C16H16N4O. The molecule has 3 rings (SSSR count). The Bertz CT molecular complexity index is 801. The minimum absolute atomic E-state index is 0.542. The first-order valence-corrected chi connectivity index (χ1v) is 6.68. The topological polar surface area (TPSA) is 59.9 Å². The third-order valence-electron chi connectivity index (χ3n) is 3.39. The number of methoxy groups -OCH3 is 1. The Labute approximate surface area is 123 Å². The lowest BCUT2D eigenvalue weighted by molar-refractivity contribution is 0.401. The number of hydrogen-bond acceptors (Lipinski definition) is 5. The summed E-state index contributed by atoms with van der Waals surface area (Å²) in [6, 6.07) is 10.2. The summed E-state index contributed by atoms with van der Waals surface area (Å²) in [6.07, 6.45) is 1.77. The quantitative estimate of drug-likeness (QED) is 0.799. The van der Waals surface area contributed by atoms with Gasteiger partial charge >= 0.3 is 0 Å². The highest BCUT2D eigenvalue weighted by Crippen LogP contribution is 2.32. The molecule has 0 bridgehead atoms. The molecule has 0 fully saturated rings. The number of anilines is 1. The number of aromatic nitrogens is 3. The average molecular weight is 280 g/mol. The van der Waals surface area contributed by atoms with E-state index in [1.807, 2.05) is 18.2 Å². The lowest BCUT2D eigenvalue weighted by Gasteiger charge is -2.11. The normalized spacial score (nSPS) is 10.6. The maximum absolute atomic E-state index is 5.44. The second-order valence-electron chi connectivity index (χ2n) is 4.72. The zero-order chi connectivity index (χ0) is 14.8. The molecule has 1 N–H and O–H groups in total. The summed E-state index contributed by atoms with van der Waals surface area (Å²) in [5, 5.41) is 3.79. The van der Waals surface area contributed by atoms with Crippen molar-refractivity contribution in [2.45, 2.75) is 6.92 Å². The molecular weight excluding hydrogens is 264 g/mol. The van der Waals surface area contributed by atoms with Crippen LogP contribution in [0.2, 0.25) is 0 Å². The van der Waals surface area contributed by atoms with Crippen LogP contribution in [0.1, 0.15) is 5.56 Å². The molecule has 0 saturated carbocycles. The molecule has 5 heteroatoms. The van der Waals surface area contributed by atoms with Crippen LogP contribution in [0.4, 0.5) is 5.95 Å². The molecule has 0 saturated heterocycles. The Morgan fingerprint density at radius 1 is 1.10 bits per heavy atom. The van der Waals surface area contributed by atoms with Crippen molar-refractivity contribution in [1.82, 2.24) is 15.0 Å². The van der Waals surface area contributed by atoms with Crippen molar-refractivity contribution in [3.8, 4) is 17.0 Å². The predicted octanol–water partition coefficient (Wildman–Crippen LogP) is 3.05. The fourth-order valence-electron chi connectivity index (χ4n) is 2.29. The maximum Gasteiger partial charge on any atom is 0.224 e. The van der Waals surface area contributed by atoms with Crippen molar-refractivity contribution in [1.29, 1.82) is 0 Å². The van der Waals surface area contributed by atoms with Gasteiger partial charge in [0.25, 0.3) is 0 Å². The van der Waals surface area contributed by atoms with Crippen LogP contribution in [-0.4, -0.2) is 29.1 Å². The van der Waals surface area contributed by atoms with Crippen LogP contribution in [0, 0.1) is 6.92 Å². The van der Waals surface area contributed by atoms with Gasteiger partial charge in [0.15, 0.2) is 5.65 Å². The Kier molecular flexibility index (Phi) is 3.39. The number of nitrogens with zero attached hydrogens (tertiary/aromatic N) is 3. The van der Waals surface area contributed by atoms with Gasteiger partial charge < -0.3 is 10.1 Å². The standard InChI is InChI=1S/C16H16N4O/c1-10-6-4-5-7-12(10)13-8-11-9-18-16(17-2)20-14(11)19-15(13)21-3/h4-9H,1-3H3,(H,17,18,19,20). The van der Waals surface area contributed by atoms with Crippen molar-refractivity contribution in [3.63, 3.8) is 0 Å². The van der Waals surface area contributed by atoms with E-state index in [-0.39, 0.29) is 0 Å². The van der Waals surface area contributed by atoms with E-state index < -0.39 is 0 Å². The van der Waals surface area contributed by atoms with E-state index in [2.05, 4.69) is 39.3 Å². The lowest BCUT2D eigenvalue weighted by atomic mass is 10.0. The van der Waals surface area contributed by atoms with Gasteiger partial charge in [0, 0.05) is 24.2 Å². The second-order valence-corrected chi connectivity index (χ2v) is 4.72. The second kappa shape index (κ2) is 5.36. The van der Waals surface area contributed by atoms with Gasteiger partial charge in [-0.15, -0.1) is 0 Å². The highest BCUT2D eigenvalue weighted by Gasteiger charge is 2.12. The minimum atomic E-state index is 0.542. The van der Waals surface area contributed by atoms with Crippen molar-refractivity contribution in [2.24, 2.45) is 0 Å². The van der Waals surface area contributed by atoms with Gasteiger partial charge in [-0.1, -0.05) is 24.3 Å². The number of rotatable bonds is 3. The van der Waals surface area contributed by atoms with E-state index in [4.69, 9.17) is 4.74 Å². The van der Waals surface area contributed by atoms with Crippen molar-refractivity contribution >= 4 is 17.0 Å². The van der Waals surface area contributed by atoms with Gasteiger partial charge in [-0.05, 0) is 24.1 Å². The van der Waals surface area contributed by atoms with Crippen LogP contribution in [0.5, 0.6) is 5.88 Å². The lowest BCUT2D eigenvalue weighted by Crippen LogP contribution is -1.99. The number of fused-ring (bicyclic) bond motifs is 1. The first-order chi connectivity index (χ1) is 10.2. The summed E-state index contributed by atoms with van der Waals surface area (Å²) in [7, 11) is 3.40. The Morgan fingerprint density at radius 2 is 1.90 bits per heavy atom. The third-order valence-corrected chi connectivity index (χ3v) is 3.39. The first-order valence-electron chi connectivity index (χ1n) is 6.68. The number of hydrogen-bond donors (Lipinski definition) is 1. The first kappa shape index (κ1) is 13.3. The fraction of sp³-hybridized carbons (Fsp3) is 0.188. The van der Waals surface area contributed by atoms with Gasteiger partial charge in [-0.25, -0.2) is 4.98 Å². The van der Waals surface area contributed by atoms with E-state index in [0.29, 0.717) is 17.5 Å². The molecule has 5 nitrogen and oxygen atoms in total. The van der Waals surface area contributed by atoms with Crippen molar-refractivity contribution in [3.05, 3.63) is 42.1 Å². The number of pyridine rings is 1. The number of ether oxygens (including phenoxy) is 1. The van der Waals surface area contributed by atoms with Crippen LogP contribution < -0.4 is 10.1 Å². The maximum atomic E-state index is 5.44. The van der Waals surface area contributed by atoms with E-state index >= 15 is 0 Å². The zero-order valence-corrected chi connectivity index (χ0v) is 12.2. The fourth-order valence-corrected chi connectivity index (χ4v) is 2.29. The molecule has 1 aromatic carbocycles. The average Bonchev–Trinajstić information content (AvgIpc) is 2.53. The number of aryl methyl sites for hydroxylation is 1. The van der Waals surface area contributed by atoms with Crippen molar-refractivity contribution < 1.29 is 4.74 Å². The largest absolute Gasteiger partial charge is 0.480 e. The molecule has 0 unspecified atom stereocenters. The highest BCUT2D eigenvalue weighted by molar-refractivity contribution is 5.84. The smallest absolute Gasteiger partial charge is 0.224 e. The molecule has 0 atom stereocenters. The van der Waals surface area contributed by atoms with Crippen LogP contribution >= 0.6 is 0 Å². The molecule has 0 spiro atoms. The molecule has 2 heterocycles. The van der Waals surface area contributed by atoms with Gasteiger partial charge in [-0.3, -0.25) is 0 Å². The molecule has 21 heavy (non-hydrogen) atoms. The van der Waals surface area contributed by atoms with E-state index in [1.165, 1.54) is 5.56 Å². The summed E-state index contributed by atoms with van der Waals surface area (Å²) in [4.78, 5) is 13.1. The van der Waals surface area contributed by atoms with E-state index in [0.717, 1.165) is 16.5 Å². The summed E-state index contributed by atoms with van der Waals surface area (Å²) < 4.78 is 5.44. The summed E-state index contributed by atoms with van der Waals surface area (Å²) in [6.45, 7) is 2.07. The molecule has 0 aliphatic carbocycles. The Balaban J connectivity index is 2.25. The Morgan fingerprint density at radius 3 is 2.62 bits per heavy atom. The molecule has 0 aliphatic heterocycles. The highest BCUT2D eigenvalue weighted by atomic mass is 16.5. The molecule has 2 aromatic heterocycles. The SMILES string of the molecule is CNc1ncc2cc(-c3ccccc3C)c(OC)nc2n1. The van der Waals surface area contributed by atoms with Gasteiger partial charge in [0.05, 0.1) is 7.11 Å². The van der Waals surface area contributed by atoms with Crippen LogP contribution in [-0.2, 0) is 0 Å². The van der Waals surface area contributed by atoms with E-state index in [9.17, 15) is 0 Å². The summed E-state index contributed by atoms with van der Waals surface area (Å²) in [5.41, 5.74) is 3.83. The van der Waals surface area contributed by atoms with Crippen LogP contribution in [0.25, 0.3) is 22.2 Å². The minimum Gasteiger partial charge on any atom is -0.480 e. The molecule has 3 aromatic rings. The van der Waals surface area contributed by atoms with Gasteiger partial charge in [-0.2, -0.15) is 9.97 Å². The van der Waals surface area contributed by atoms with Crippen LogP contribution in [0.15, 0.2) is 36.5 Å². The van der Waals surface area contributed by atoms with Gasteiger partial charge in [0.1, 0.15) is 0 Å².